The van der Waals surface area contributed by atoms with E-state index in [4.69, 9.17) is 9.47 Å². The first-order valence-corrected chi connectivity index (χ1v) is 9.04. The Morgan fingerprint density at radius 3 is 2.84 bits per heavy atom. The highest BCUT2D eigenvalue weighted by atomic mass is 32.1. The molecule has 0 bridgehead atoms. The molecule has 0 saturated carbocycles. The number of thiazole rings is 1. The van der Waals surface area contributed by atoms with Crippen molar-refractivity contribution in [2.75, 3.05) is 6.79 Å². The fourth-order valence-electron chi connectivity index (χ4n) is 2.73. The number of aliphatic imine (C=N–C) groups is 1. The van der Waals surface area contributed by atoms with Crippen LogP contribution in [-0.4, -0.2) is 17.5 Å². The highest BCUT2D eigenvalue weighted by Gasteiger charge is 2.13. The second-order valence-corrected chi connectivity index (χ2v) is 6.85. The molecular formula is C20H18N2O2S. The summed E-state index contributed by atoms with van der Waals surface area (Å²) in [5, 5.41) is 3.12. The average Bonchev–Trinajstić information content (AvgIpc) is 3.30. The van der Waals surface area contributed by atoms with Crippen molar-refractivity contribution in [3.05, 3.63) is 64.5 Å². The zero-order chi connectivity index (χ0) is 17.1. The second kappa shape index (κ2) is 7.07. The van der Waals surface area contributed by atoms with Gasteiger partial charge in [0.05, 0.1) is 12.2 Å². The van der Waals surface area contributed by atoms with E-state index in [1.807, 2.05) is 30.3 Å². The Kier molecular flexibility index (Phi) is 4.48. The Morgan fingerprint density at radius 1 is 1.12 bits per heavy atom. The minimum Gasteiger partial charge on any atom is -0.454 e. The SMILES string of the molecule is CC(Cc1ccc2c(c1)OCO2)=NCc1nc(-c2ccccc2)cs1. The predicted octanol–water partition coefficient (Wildman–Crippen LogP) is 4.74. The summed E-state index contributed by atoms with van der Waals surface area (Å²) in [6.07, 6.45) is 0.799. The van der Waals surface area contributed by atoms with Crippen LogP contribution in [-0.2, 0) is 13.0 Å². The van der Waals surface area contributed by atoms with E-state index in [2.05, 4.69) is 40.5 Å². The molecule has 4 nitrogen and oxygen atoms in total. The second-order valence-electron chi connectivity index (χ2n) is 5.91. The first kappa shape index (κ1) is 15.8. The van der Waals surface area contributed by atoms with Gasteiger partial charge >= 0.3 is 0 Å². The molecule has 1 aliphatic heterocycles. The summed E-state index contributed by atoms with van der Waals surface area (Å²) in [7, 11) is 0. The Morgan fingerprint density at radius 2 is 1.96 bits per heavy atom. The average molecular weight is 350 g/mol. The van der Waals surface area contributed by atoms with Crippen molar-refractivity contribution in [3.8, 4) is 22.8 Å². The van der Waals surface area contributed by atoms with Crippen LogP contribution in [0.5, 0.6) is 11.5 Å². The molecule has 0 saturated heterocycles. The number of ether oxygens (including phenoxy) is 2. The fourth-order valence-corrected chi connectivity index (χ4v) is 3.46. The third kappa shape index (κ3) is 3.72. The van der Waals surface area contributed by atoms with E-state index in [-0.39, 0.29) is 0 Å². The summed E-state index contributed by atoms with van der Waals surface area (Å²) in [4.78, 5) is 9.36. The Hall–Kier alpha value is -2.66. The molecule has 0 amide bonds. The Balaban J connectivity index is 1.41. The zero-order valence-electron chi connectivity index (χ0n) is 13.9. The molecule has 0 unspecified atom stereocenters. The number of benzene rings is 2. The number of hydrogen-bond acceptors (Lipinski definition) is 5. The standard InChI is InChI=1S/C20H18N2O2S/c1-14(9-15-7-8-18-19(10-15)24-13-23-18)21-11-20-22-17(12-25-20)16-5-3-2-4-6-16/h2-8,10,12H,9,11,13H2,1H3. The number of nitrogens with zero attached hydrogens (tertiary/aromatic N) is 2. The van der Waals surface area contributed by atoms with E-state index in [1.54, 1.807) is 11.3 Å². The maximum atomic E-state index is 5.42. The molecule has 0 N–H and O–H groups in total. The van der Waals surface area contributed by atoms with Crippen LogP contribution in [0.2, 0.25) is 0 Å². The normalized spacial score (nSPS) is 13.2. The maximum absolute atomic E-state index is 5.42. The van der Waals surface area contributed by atoms with Crippen LogP contribution in [0, 0.1) is 0 Å². The van der Waals surface area contributed by atoms with E-state index in [0.717, 1.165) is 39.9 Å². The number of hydrogen-bond donors (Lipinski definition) is 0. The smallest absolute Gasteiger partial charge is 0.231 e. The van der Waals surface area contributed by atoms with Gasteiger partial charge < -0.3 is 9.47 Å². The molecule has 0 atom stereocenters. The molecule has 126 valence electrons. The van der Waals surface area contributed by atoms with Crippen molar-refractivity contribution in [1.82, 2.24) is 4.98 Å². The number of rotatable bonds is 5. The molecule has 0 spiro atoms. The molecule has 1 aliphatic rings. The van der Waals surface area contributed by atoms with Crippen LogP contribution in [0.3, 0.4) is 0 Å². The van der Waals surface area contributed by atoms with E-state index in [9.17, 15) is 0 Å². The van der Waals surface area contributed by atoms with Gasteiger partial charge in [-0.25, -0.2) is 4.98 Å². The number of fused-ring (bicyclic) bond motifs is 1. The molecule has 0 radical (unpaired) electrons. The van der Waals surface area contributed by atoms with Gasteiger partial charge in [0.2, 0.25) is 6.79 Å². The predicted molar refractivity (Wildman–Crippen MR) is 101 cm³/mol. The van der Waals surface area contributed by atoms with E-state index in [1.165, 1.54) is 5.56 Å². The highest BCUT2D eigenvalue weighted by Crippen LogP contribution is 2.32. The lowest BCUT2D eigenvalue weighted by atomic mass is 10.1. The quantitative estimate of drug-likeness (QED) is 0.624. The summed E-state index contributed by atoms with van der Waals surface area (Å²) in [5.74, 6) is 1.63. The van der Waals surface area contributed by atoms with E-state index in [0.29, 0.717) is 13.3 Å². The first-order valence-electron chi connectivity index (χ1n) is 8.16. The van der Waals surface area contributed by atoms with Gasteiger partial charge in [-0.1, -0.05) is 36.4 Å². The summed E-state index contributed by atoms with van der Waals surface area (Å²) in [6.45, 7) is 2.98. The van der Waals surface area contributed by atoms with Crippen LogP contribution >= 0.6 is 11.3 Å². The fraction of sp³-hybridized carbons (Fsp3) is 0.200. The maximum Gasteiger partial charge on any atom is 0.231 e. The summed E-state index contributed by atoms with van der Waals surface area (Å²) in [6, 6.07) is 16.3. The van der Waals surface area contributed by atoms with Crippen LogP contribution < -0.4 is 9.47 Å². The van der Waals surface area contributed by atoms with Gasteiger partial charge in [-0.3, -0.25) is 4.99 Å². The van der Waals surface area contributed by atoms with Crippen LogP contribution in [0.15, 0.2) is 58.9 Å². The zero-order valence-corrected chi connectivity index (χ0v) is 14.8. The molecule has 3 aromatic rings. The minimum absolute atomic E-state index is 0.305. The summed E-state index contributed by atoms with van der Waals surface area (Å²) < 4.78 is 10.8. The third-order valence-corrected chi connectivity index (χ3v) is 4.84. The molecular weight excluding hydrogens is 332 g/mol. The van der Waals surface area contributed by atoms with Crippen LogP contribution in [0.4, 0.5) is 0 Å². The molecule has 1 aromatic heterocycles. The van der Waals surface area contributed by atoms with Gasteiger partial charge in [0, 0.05) is 23.1 Å². The lowest BCUT2D eigenvalue weighted by Gasteiger charge is -2.03. The van der Waals surface area contributed by atoms with Crippen LogP contribution in [0.1, 0.15) is 17.5 Å². The first-order chi connectivity index (χ1) is 12.3. The van der Waals surface area contributed by atoms with Crippen molar-refractivity contribution in [2.45, 2.75) is 19.9 Å². The molecule has 2 aromatic carbocycles. The van der Waals surface area contributed by atoms with Crippen molar-refractivity contribution in [3.63, 3.8) is 0 Å². The van der Waals surface area contributed by atoms with Gasteiger partial charge in [0.25, 0.3) is 0 Å². The number of aromatic nitrogens is 1. The lowest BCUT2D eigenvalue weighted by molar-refractivity contribution is 0.174. The van der Waals surface area contributed by atoms with Crippen molar-refractivity contribution in [1.29, 1.82) is 0 Å². The van der Waals surface area contributed by atoms with Gasteiger partial charge in [-0.2, -0.15) is 0 Å². The molecule has 0 aliphatic carbocycles. The highest BCUT2D eigenvalue weighted by molar-refractivity contribution is 7.09. The molecule has 0 fully saturated rings. The van der Waals surface area contributed by atoms with Gasteiger partial charge in [-0.15, -0.1) is 11.3 Å². The minimum atomic E-state index is 0.305. The third-order valence-electron chi connectivity index (χ3n) is 4.00. The molecule has 2 heterocycles. The van der Waals surface area contributed by atoms with Gasteiger partial charge in [0.15, 0.2) is 11.5 Å². The van der Waals surface area contributed by atoms with Crippen molar-refractivity contribution >= 4 is 17.0 Å². The Bertz CT molecular complexity index is 903. The monoisotopic (exact) mass is 350 g/mol. The lowest BCUT2D eigenvalue weighted by Crippen LogP contribution is -1.98. The van der Waals surface area contributed by atoms with Crippen LogP contribution in [0.25, 0.3) is 11.3 Å². The molecule has 25 heavy (non-hydrogen) atoms. The largest absolute Gasteiger partial charge is 0.454 e. The Labute approximate surface area is 150 Å². The summed E-state index contributed by atoms with van der Waals surface area (Å²) in [5.41, 5.74) is 4.42. The van der Waals surface area contributed by atoms with Crippen molar-refractivity contribution < 1.29 is 9.47 Å². The van der Waals surface area contributed by atoms with Gasteiger partial charge in [0.1, 0.15) is 5.01 Å². The molecule has 5 heteroatoms. The van der Waals surface area contributed by atoms with Gasteiger partial charge in [-0.05, 0) is 24.6 Å². The molecule has 4 rings (SSSR count). The summed E-state index contributed by atoms with van der Waals surface area (Å²) >= 11 is 1.65. The topological polar surface area (TPSA) is 43.7 Å². The van der Waals surface area contributed by atoms with E-state index < -0.39 is 0 Å². The van der Waals surface area contributed by atoms with E-state index >= 15 is 0 Å². The van der Waals surface area contributed by atoms with Crippen molar-refractivity contribution in [2.24, 2.45) is 4.99 Å².